The zero-order valence-electron chi connectivity index (χ0n) is 2.41. The minimum atomic E-state index is 0. The van der Waals surface area contributed by atoms with Crippen LogP contribution in [0.4, 0.5) is 0 Å². The maximum atomic E-state index is 2.89. The maximum absolute atomic E-state index is 2.89. The molecule has 25 valence electrons. The zero-order chi connectivity index (χ0) is 2.71. The van der Waals surface area contributed by atoms with E-state index >= 15 is 0 Å². The van der Waals surface area contributed by atoms with Crippen molar-refractivity contribution in [3.05, 3.63) is 0 Å². The third-order valence-corrected chi connectivity index (χ3v) is 0. The second-order valence-corrected chi connectivity index (χ2v) is 2.19. The maximum Gasteiger partial charge on any atom is -0.107 e. The standard InChI is InChI=1S/CH4N.HI.Pb/c1-2;;/h2H,1H3;1H;/q-1;;+1. The van der Waals surface area contributed by atoms with E-state index in [1.54, 1.807) is 0 Å². The second kappa shape index (κ2) is 8.82. The second-order valence-electron chi connectivity index (χ2n) is 0.250. The van der Waals surface area contributed by atoms with Crippen LogP contribution in [0.1, 0.15) is 0 Å². The molecule has 1 N–H and O–H groups in total. The van der Waals surface area contributed by atoms with Gasteiger partial charge in [0.25, 0.3) is 0 Å². The van der Waals surface area contributed by atoms with E-state index in [0.29, 0.717) is 0 Å². The molecule has 0 aliphatic carbocycles. The van der Waals surface area contributed by atoms with Crippen molar-refractivity contribution in [2.24, 2.45) is 0 Å². The summed E-state index contributed by atoms with van der Waals surface area (Å²) in [5.74, 6) is 0. The van der Waals surface area contributed by atoms with Crippen LogP contribution >= 0.6 is 24.0 Å². The molecule has 0 rings (SSSR count). The van der Waals surface area contributed by atoms with Crippen LogP contribution in [0.2, 0.25) is 0 Å². The molecule has 3 heteroatoms. The smallest absolute Gasteiger partial charge is 0.107 e. The molecular weight excluding hydrogens is 360 g/mol. The van der Waals surface area contributed by atoms with E-state index in [9.17, 15) is 0 Å². The van der Waals surface area contributed by atoms with Crippen LogP contribution in [-0.4, -0.2) is 33.1 Å². The Balaban J connectivity index is 0. The van der Waals surface area contributed by atoms with Crippen molar-refractivity contribution in [1.82, 2.24) is 3.13 Å². The van der Waals surface area contributed by atoms with Crippen LogP contribution in [0.15, 0.2) is 0 Å². The molecule has 0 aromatic carbocycles. The van der Waals surface area contributed by atoms with Crippen molar-refractivity contribution in [3.8, 4) is 0 Å². The fraction of sp³-hybridized carbons (Fsp3) is 1.00. The van der Waals surface area contributed by atoms with E-state index in [2.05, 4.69) is 3.13 Å². The summed E-state index contributed by atoms with van der Waals surface area (Å²) in [6.45, 7) is 0. The van der Waals surface area contributed by atoms with Crippen molar-refractivity contribution < 1.29 is 0 Å². The molecule has 3 radical (unpaired) electrons. The molecule has 0 bridgehead atoms. The first-order chi connectivity index (χ1) is 1.41. The Morgan fingerprint density at radius 1 is 1.75 bits per heavy atom. The van der Waals surface area contributed by atoms with E-state index in [1.807, 2.05) is 7.05 Å². The van der Waals surface area contributed by atoms with Gasteiger partial charge in [0, 0.05) is 0 Å². The van der Waals surface area contributed by atoms with E-state index in [0.717, 1.165) is 26.1 Å². The minimum Gasteiger partial charge on any atom is -0.107 e. The number of rotatable bonds is 0. The zero-order valence-corrected chi connectivity index (χ0v) is 8.63. The molecule has 0 heterocycles. The first kappa shape index (κ1) is 9.15. The summed E-state index contributed by atoms with van der Waals surface area (Å²) in [7, 11) is 1.94. The predicted octanol–water partition coefficient (Wildman–Crippen LogP) is -0.0927. The van der Waals surface area contributed by atoms with Gasteiger partial charge in [-0.05, 0) is 0 Å². The van der Waals surface area contributed by atoms with Gasteiger partial charge in [0.15, 0.2) is 0 Å². The Labute approximate surface area is 59.7 Å². The molecule has 0 saturated carbocycles. The third kappa shape index (κ3) is 9.48. The summed E-state index contributed by atoms with van der Waals surface area (Å²) < 4.78 is 2.89. The normalized spacial score (nSPS) is 4.50. The Kier molecular flexibility index (Phi) is 20.2. The van der Waals surface area contributed by atoms with Crippen molar-refractivity contribution in [2.75, 3.05) is 7.05 Å². The van der Waals surface area contributed by atoms with Gasteiger partial charge < -0.3 is 0 Å². The summed E-state index contributed by atoms with van der Waals surface area (Å²) >= 11 is 1.12. The molecule has 0 aromatic heterocycles. The molecule has 0 aromatic rings. The van der Waals surface area contributed by atoms with Gasteiger partial charge in [-0.25, -0.2) is 0 Å². The Morgan fingerprint density at radius 2 is 1.75 bits per heavy atom. The molecular formula is CH5INPb. The minimum absolute atomic E-state index is 0. The van der Waals surface area contributed by atoms with Crippen molar-refractivity contribution in [2.45, 2.75) is 0 Å². The van der Waals surface area contributed by atoms with Gasteiger partial charge in [0.05, 0.1) is 0 Å². The van der Waals surface area contributed by atoms with E-state index in [-0.39, 0.29) is 24.0 Å². The van der Waals surface area contributed by atoms with Crippen LogP contribution in [0.25, 0.3) is 0 Å². The summed E-state index contributed by atoms with van der Waals surface area (Å²) in [4.78, 5) is 0. The van der Waals surface area contributed by atoms with Gasteiger partial charge in [-0.1, -0.05) is 0 Å². The van der Waals surface area contributed by atoms with Crippen molar-refractivity contribution in [3.63, 3.8) is 0 Å². The fourth-order valence-electron chi connectivity index (χ4n) is 0. The number of nitrogens with one attached hydrogen (secondary N) is 1. The quantitative estimate of drug-likeness (QED) is 0.468. The van der Waals surface area contributed by atoms with Crippen LogP contribution in [-0.2, 0) is 0 Å². The van der Waals surface area contributed by atoms with Gasteiger partial charge in [0.1, 0.15) is 0 Å². The fourth-order valence-corrected chi connectivity index (χ4v) is 0. The van der Waals surface area contributed by atoms with E-state index < -0.39 is 0 Å². The number of halogens is 1. The topological polar surface area (TPSA) is 12.0 Å². The SMILES string of the molecule is C[NH][Pb].I. The average Bonchev–Trinajstić information content (AvgIpc) is 0.918. The molecule has 0 unspecified atom stereocenters. The number of hydrogen-bond donors (Lipinski definition) is 1. The van der Waals surface area contributed by atoms with Crippen LogP contribution in [0.5, 0.6) is 0 Å². The van der Waals surface area contributed by atoms with Gasteiger partial charge in [-0.3, -0.25) is 0 Å². The predicted molar refractivity (Wildman–Crippen MR) is 30.2 cm³/mol. The van der Waals surface area contributed by atoms with Gasteiger partial charge in [-0.15, -0.1) is 24.0 Å². The molecule has 0 fully saturated rings. The summed E-state index contributed by atoms with van der Waals surface area (Å²) in [6, 6.07) is 0. The molecule has 0 spiro atoms. The van der Waals surface area contributed by atoms with Crippen molar-refractivity contribution >= 4 is 50.0 Å². The van der Waals surface area contributed by atoms with Crippen LogP contribution in [0, 0.1) is 0 Å². The van der Waals surface area contributed by atoms with Crippen molar-refractivity contribution in [1.29, 1.82) is 0 Å². The summed E-state index contributed by atoms with van der Waals surface area (Å²) in [6.07, 6.45) is 0. The molecule has 1 nitrogen and oxygen atoms in total. The molecule has 0 aliphatic heterocycles. The Bertz CT molecular complexity index is 8.00. The van der Waals surface area contributed by atoms with E-state index in [4.69, 9.17) is 0 Å². The molecule has 0 aliphatic rings. The van der Waals surface area contributed by atoms with Gasteiger partial charge in [0.2, 0.25) is 0 Å². The molecule has 4 heavy (non-hydrogen) atoms. The molecule has 0 saturated heterocycles. The average molecular weight is 365 g/mol. The number of hydrogen-bond acceptors (Lipinski definition) is 1. The third-order valence-electron chi connectivity index (χ3n) is 0. The van der Waals surface area contributed by atoms with E-state index in [1.165, 1.54) is 0 Å². The monoisotopic (exact) mass is 366 g/mol. The Morgan fingerprint density at radius 3 is 1.75 bits per heavy atom. The van der Waals surface area contributed by atoms with Gasteiger partial charge >= 0.3 is 36.2 Å². The first-order valence-electron chi connectivity index (χ1n) is 0.750. The van der Waals surface area contributed by atoms with Gasteiger partial charge in [-0.2, -0.15) is 0 Å². The molecule has 0 amide bonds. The summed E-state index contributed by atoms with van der Waals surface area (Å²) in [5.41, 5.74) is 0. The largest absolute Gasteiger partial charge is 0.107 e. The Hall–Kier alpha value is 1.61. The first-order valence-corrected chi connectivity index (χ1v) is 2.69. The molecule has 0 atom stereocenters. The van der Waals surface area contributed by atoms with Crippen LogP contribution < -0.4 is 3.13 Å². The summed E-state index contributed by atoms with van der Waals surface area (Å²) in [5, 5.41) is 0. The van der Waals surface area contributed by atoms with Crippen LogP contribution in [0.3, 0.4) is 0 Å².